The summed E-state index contributed by atoms with van der Waals surface area (Å²) in [5.74, 6) is 2.18. The van der Waals surface area contributed by atoms with Gasteiger partial charge in [0.05, 0.1) is 0 Å². The van der Waals surface area contributed by atoms with Crippen molar-refractivity contribution in [2.45, 2.75) is 0 Å². The first-order valence-corrected chi connectivity index (χ1v) is 25.3. The number of aromatic nitrogens is 3. The van der Waals surface area contributed by atoms with E-state index in [2.05, 4.69) is 212 Å². The Kier molecular flexibility index (Phi) is 14.5. The molecule has 0 N–H and O–H groups in total. The zero-order chi connectivity index (χ0) is 51.6. The second-order valence-electron chi connectivity index (χ2n) is 21.6. The summed E-state index contributed by atoms with van der Waals surface area (Å²) in [7, 11) is 61.9. The molecule has 306 valence electrons. The van der Waals surface area contributed by atoms with Crippen LogP contribution in [0.5, 0.6) is 0 Å². The average Bonchev–Trinajstić information content (AvgIpc) is 3.31. The Bertz CT molecular complexity index is 3020. The Hall–Kier alpha value is -3.92. The fraction of sp³-hybridized carbons (Fsp3) is 0. The van der Waals surface area contributed by atoms with Crippen molar-refractivity contribution in [2.75, 3.05) is 0 Å². The molecule has 30 heteroatoms. The lowest BCUT2D eigenvalue weighted by Crippen LogP contribution is -2.57. The molecule has 3 nitrogen and oxygen atoms in total. The maximum absolute atomic E-state index is 5.76. The van der Waals surface area contributed by atoms with E-state index in [4.69, 9.17) is 15.0 Å². The van der Waals surface area contributed by atoms with E-state index in [0.717, 1.165) is 34.2 Å². The van der Waals surface area contributed by atoms with Gasteiger partial charge in [0.15, 0.2) is 17.5 Å². The molecule has 0 unspecified atom stereocenters. The zero-order valence-electron chi connectivity index (χ0n) is 47.8. The third-order valence-electron chi connectivity index (χ3n) is 18.9. The molecule has 1 aromatic heterocycles. The second kappa shape index (κ2) is 18.9. The van der Waals surface area contributed by atoms with Crippen molar-refractivity contribution in [2.24, 2.45) is 0 Å². The van der Waals surface area contributed by atoms with Crippen molar-refractivity contribution in [3.05, 3.63) is 0 Å². The fourth-order valence-corrected chi connectivity index (χ4v) is 12.5. The van der Waals surface area contributed by atoms with Crippen molar-refractivity contribution in [1.82, 2.24) is 15.0 Å². The molecule has 0 saturated heterocycles. The van der Waals surface area contributed by atoms with Gasteiger partial charge in [0.1, 0.15) is 212 Å². The smallest absolute Gasteiger partial charge is 0.162 e. The molecule has 0 fully saturated rings. The van der Waals surface area contributed by atoms with Crippen LogP contribution in [0.15, 0.2) is 0 Å². The number of benzene rings is 6. The van der Waals surface area contributed by atoms with Crippen LogP contribution in [0, 0.1) is 0 Å². The Morgan fingerprint density at radius 1 is 0.116 bits per heavy atom. The molecular weight excluding hydrogens is 802 g/mol. The van der Waals surface area contributed by atoms with Crippen molar-refractivity contribution in [1.29, 1.82) is 0 Å². The van der Waals surface area contributed by atoms with Crippen molar-refractivity contribution in [3.63, 3.8) is 0 Å². The Labute approximate surface area is 439 Å². The van der Waals surface area contributed by atoms with Gasteiger partial charge in [-0.3, -0.25) is 0 Å². The second-order valence-corrected chi connectivity index (χ2v) is 21.6. The summed E-state index contributed by atoms with van der Waals surface area (Å²) in [5.41, 5.74) is 46.6. The molecule has 0 amide bonds. The molecular formula is C39H54B27N3. The number of nitrogens with zero attached hydrogens (tertiary/aromatic N) is 3. The number of rotatable bonds is 6. The van der Waals surface area contributed by atoms with Gasteiger partial charge in [0.2, 0.25) is 0 Å². The van der Waals surface area contributed by atoms with Crippen molar-refractivity contribution in [3.8, 4) is 67.5 Å². The lowest BCUT2D eigenvalue weighted by atomic mass is 9.56. The van der Waals surface area contributed by atoms with Gasteiger partial charge >= 0.3 is 0 Å². The van der Waals surface area contributed by atoms with Gasteiger partial charge in [0, 0.05) is 16.7 Å². The summed E-state index contributed by atoms with van der Waals surface area (Å²) in [6.07, 6.45) is 0. The predicted molar refractivity (Wildman–Crippen MR) is 393 cm³/mol. The van der Waals surface area contributed by atoms with Gasteiger partial charge in [-0.1, -0.05) is 81.9 Å². The van der Waals surface area contributed by atoms with Crippen LogP contribution in [0.25, 0.3) is 67.5 Å². The largest absolute Gasteiger partial charge is 0.208 e. The molecule has 0 atom stereocenters. The van der Waals surface area contributed by atoms with Crippen molar-refractivity contribution < 1.29 is 0 Å². The standard InChI is InChI=1S/C39H54B27N3/c40-10-1(4-16(46)28(58)34(64)29(59)17(4)47)13(43)25(55)22(52)7(10)37-67-38(8-11(41)2(14(44)26(56)23(8)53)5-18(48)30(60)35(65)31(61)19(5)49)69-39(68-37)9-12(42)3(15(45)27(57)24(9)54)6-20(50)32(62)36(66)33(63)21(6)51/h40-66H2. The van der Waals surface area contributed by atoms with E-state index < -0.39 is 0 Å². The third-order valence-corrected chi connectivity index (χ3v) is 18.9. The van der Waals surface area contributed by atoms with Gasteiger partial charge in [-0.2, -0.15) is 0 Å². The molecule has 7 aromatic rings. The highest BCUT2D eigenvalue weighted by molar-refractivity contribution is 6.74. The van der Waals surface area contributed by atoms with E-state index in [-0.39, 0.29) is 0 Å². The highest BCUT2D eigenvalue weighted by Crippen LogP contribution is 2.24. The van der Waals surface area contributed by atoms with Gasteiger partial charge in [0.25, 0.3) is 0 Å². The maximum Gasteiger partial charge on any atom is 0.162 e. The van der Waals surface area contributed by atoms with E-state index in [1.54, 1.807) is 0 Å². The Morgan fingerprint density at radius 2 is 0.217 bits per heavy atom. The molecule has 0 bridgehead atoms. The predicted octanol–water partition coefficient (Wildman–Crippen LogP) is -37.1. The van der Waals surface area contributed by atoms with E-state index in [0.29, 0.717) is 0 Å². The summed E-state index contributed by atoms with van der Waals surface area (Å²) in [6.45, 7) is 0. The number of hydrogen-bond acceptors (Lipinski definition) is 3. The van der Waals surface area contributed by atoms with Gasteiger partial charge < -0.3 is 0 Å². The summed E-state index contributed by atoms with van der Waals surface area (Å²) in [5, 5.41) is 0. The van der Waals surface area contributed by atoms with E-state index in [1.807, 2.05) is 0 Å². The molecule has 0 aliphatic rings. The summed E-state index contributed by atoms with van der Waals surface area (Å²) in [4.78, 5) is 17.3. The molecule has 0 radical (unpaired) electrons. The lowest BCUT2D eigenvalue weighted by Gasteiger charge is -2.29. The Morgan fingerprint density at radius 3 is 0.377 bits per heavy atom. The zero-order valence-corrected chi connectivity index (χ0v) is 47.8. The molecule has 69 heavy (non-hydrogen) atoms. The molecule has 7 rings (SSSR count). The molecule has 0 aliphatic carbocycles. The summed E-state index contributed by atoms with van der Waals surface area (Å²) >= 11 is 0. The van der Waals surface area contributed by atoms with Crippen LogP contribution in [0.1, 0.15) is 0 Å². The quantitative estimate of drug-likeness (QED) is 0.156. The van der Waals surface area contributed by atoms with Crippen LogP contribution in [-0.4, -0.2) is 227 Å². The molecule has 1 heterocycles. The summed E-state index contributed by atoms with van der Waals surface area (Å²) in [6, 6.07) is 0. The first-order valence-electron chi connectivity index (χ1n) is 25.3. The fourth-order valence-electron chi connectivity index (χ4n) is 12.5. The topological polar surface area (TPSA) is 38.7 Å². The van der Waals surface area contributed by atoms with Crippen molar-refractivity contribution >= 4 is 359 Å². The Balaban J connectivity index is 1.71. The van der Waals surface area contributed by atoms with E-state index in [9.17, 15) is 0 Å². The highest BCUT2D eigenvalue weighted by Gasteiger charge is 2.29. The molecule has 0 spiro atoms. The van der Waals surface area contributed by atoms with Crippen LogP contribution in [-0.2, 0) is 0 Å². The normalized spacial score (nSPS) is 11.3. The maximum atomic E-state index is 5.76. The minimum Gasteiger partial charge on any atom is -0.208 e. The van der Waals surface area contributed by atoms with Crippen LogP contribution >= 0.6 is 0 Å². The third kappa shape index (κ3) is 7.97. The minimum absolute atomic E-state index is 0.728. The molecule has 6 aromatic carbocycles. The highest BCUT2D eigenvalue weighted by atomic mass is 15.0. The van der Waals surface area contributed by atoms with Crippen LogP contribution in [0.2, 0.25) is 0 Å². The SMILES string of the molecule is Bc1c(B)c(B)c(-c2c(B)c(B)c(B)c(-c3nc(-c4c(B)c(B)c(B)c(-c5c(B)c(B)c(B)c(B)c5B)c4B)nc(-c4c(B)c(B)c(B)c(-c5c(B)c(B)c(B)c(B)c5B)c4B)n3)c2B)c(B)c1B. The summed E-state index contributed by atoms with van der Waals surface area (Å²) < 4.78 is 0. The van der Waals surface area contributed by atoms with Gasteiger partial charge in [-0.15, -0.1) is 65.6 Å². The van der Waals surface area contributed by atoms with Gasteiger partial charge in [-0.05, 0) is 33.4 Å². The van der Waals surface area contributed by atoms with E-state index in [1.165, 1.54) is 181 Å². The first-order chi connectivity index (χ1) is 32.0. The number of hydrogen-bond donors (Lipinski definition) is 0. The van der Waals surface area contributed by atoms with Crippen LogP contribution < -0.4 is 147 Å². The average molecular weight is 857 g/mol. The molecule has 0 aliphatic heterocycles. The van der Waals surface area contributed by atoms with Crippen LogP contribution in [0.3, 0.4) is 0 Å². The first kappa shape index (κ1) is 52.9. The molecule has 0 saturated carbocycles. The van der Waals surface area contributed by atoms with E-state index >= 15 is 0 Å². The monoisotopic (exact) mass is 862 g/mol. The van der Waals surface area contributed by atoms with Crippen LogP contribution in [0.4, 0.5) is 0 Å². The van der Waals surface area contributed by atoms with Gasteiger partial charge in [-0.25, -0.2) is 15.0 Å². The lowest BCUT2D eigenvalue weighted by molar-refractivity contribution is 1.08. The minimum atomic E-state index is 0.728.